The molecule has 6 nitrogen and oxygen atoms in total. The molecule has 0 bridgehead atoms. The van der Waals surface area contributed by atoms with Crippen LogP contribution in [0, 0.1) is 0 Å². The molecule has 0 aliphatic carbocycles. The molecule has 0 spiro atoms. The minimum absolute atomic E-state index is 0.179. The van der Waals surface area contributed by atoms with Gasteiger partial charge in [0, 0.05) is 24.5 Å². The van der Waals surface area contributed by atoms with Gasteiger partial charge < -0.3 is 15.0 Å². The molecular formula is C14H25N3O3S. The first-order valence-corrected chi connectivity index (χ1v) is 9.03. The fraction of sp³-hybridized carbons (Fsp3) is 0.714. The number of hydrogen-bond acceptors (Lipinski definition) is 4. The molecule has 0 radical (unpaired) electrons. The molecular weight excluding hydrogens is 290 g/mol. The summed E-state index contributed by atoms with van der Waals surface area (Å²) in [5.41, 5.74) is 0.498. The van der Waals surface area contributed by atoms with Crippen LogP contribution >= 0.6 is 0 Å². The molecule has 2 rings (SSSR count). The number of aliphatic hydroxyl groups excluding tert-OH is 1. The average molecular weight is 315 g/mol. The Labute approximate surface area is 126 Å². The maximum atomic E-state index is 12.1. The number of aromatic amines is 1. The number of piperidine rings is 1. The van der Waals surface area contributed by atoms with Crippen LogP contribution in [0.15, 0.2) is 17.2 Å². The van der Waals surface area contributed by atoms with E-state index in [-0.39, 0.29) is 11.5 Å². The molecule has 120 valence electrons. The smallest absolute Gasteiger partial charge is 0.242 e. The summed E-state index contributed by atoms with van der Waals surface area (Å²) >= 11 is 0. The molecule has 1 aromatic heterocycles. The van der Waals surface area contributed by atoms with Crippen molar-refractivity contribution < 1.29 is 13.5 Å². The summed E-state index contributed by atoms with van der Waals surface area (Å²) in [6.07, 6.45) is 5.98. The molecule has 1 aromatic rings. The first-order valence-electron chi connectivity index (χ1n) is 7.55. The van der Waals surface area contributed by atoms with Crippen molar-refractivity contribution in [3.63, 3.8) is 0 Å². The first-order chi connectivity index (χ1) is 10.0. The Kier molecular flexibility index (Phi) is 5.80. The van der Waals surface area contributed by atoms with E-state index in [0.717, 1.165) is 19.5 Å². The quantitative estimate of drug-likeness (QED) is 0.657. The standard InChI is InChI=1S/C14H25N3O3S/c1-12-5-2-3-7-17(12)8-4-6-16-21(19,20)14-9-13(11-18)15-10-14/h9-10,12,15-16,18H,2-8,11H2,1H3. The van der Waals surface area contributed by atoms with E-state index in [2.05, 4.69) is 21.5 Å². The van der Waals surface area contributed by atoms with Crippen molar-refractivity contribution >= 4 is 10.0 Å². The molecule has 1 atom stereocenters. The van der Waals surface area contributed by atoms with E-state index in [0.29, 0.717) is 18.3 Å². The molecule has 1 unspecified atom stereocenters. The van der Waals surface area contributed by atoms with Crippen molar-refractivity contribution in [1.82, 2.24) is 14.6 Å². The molecule has 1 aliphatic rings. The summed E-state index contributed by atoms with van der Waals surface area (Å²) in [7, 11) is -3.48. The Hall–Kier alpha value is -0.890. The van der Waals surface area contributed by atoms with Crippen LogP contribution in [-0.4, -0.2) is 49.1 Å². The van der Waals surface area contributed by atoms with Crippen molar-refractivity contribution in [2.45, 2.75) is 50.2 Å². The second-order valence-electron chi connectivity index (χ2n) is 5.65. The molecule has 21 heavy (non-hydrogen) atoms. The molecule has 1 fully saturated rings. The molecule has 1 saturated heterocycles. The van der Waals surface area contributed by atoms with Gasteiger partial charge in [-0.15, -0.1) is 0 Å². The largest absolute Gasteiger partial charge is 0.390 e. The van der Waals surface area contributed by atoms with Crippen molar-refractivity contribution in [2.75, 3.05) is 19.6 Å². The van der Waals surface area contributed by atoms with E-state index < -0.39 is 10.0 Å². The van der Waals surface area contributed by atoms with Gasteiger partial charge in [0.15, 0.2) is 0 Å². The highest BCUT2D eigenvalue weighted by atomic mass is 32.2. The third-order valence-corrected chi connectivity index (χ3v) is 5.49. The monoisotopic (exact) mass is 315 g/mol. The SMILES string of the molecule is CC1CCCCN1CCCNS(=O)(=O)c1c[nH]c(CO)c1. The highest BCUT2D eigenvalue weighted by Crippen LogP contribution is 2.16. The number of nitrogens with zero attached hydrogens (tertiary/aromatic N) is 1. The van der Waals surface area contributed by atoms with Crippen LogP contribution in [0.25, 0.3) is 0 Å². The highest BCUT2D eigenvalue weighted by Gasteiger charge is 2.18. The van der Waals surface area contributed by atoms with Crippen molar-refractivity contribution in [3.05, 3.63) is 18.0 Å². The van der Waals surface area contributed by atoms with Gasteiger partial charge in [0.2, 0.25) is 10.0 Å². The van der Waals surface area contributed by atoms with E-state index in [9.17, 15) is 8.42 Å². The van der Waals surface area contributed by atoms with E-state index in [4.69, 9.17) is 5.11 Å². The van der Waals surface area contributed by atoms with Gasteiger partial charge in [0.25, 0.3) is 0 Å². The van der Waals surface area contributed by atoms with Crippen LogP contribution in [-0.2, 0) is 16.6 Å². The summed E-state index contributed by atoms with van der Waals surface area (Å²) in [6.45, 7) is 4.53. The summed E-state index contributed by atoms with van der Waals surface area (Å²) in [5.74, 6) is 0. The van der Waals surface area contributed by atoms with Gasteiger partial charge in [-0.1, -0.05) is 6.42 Å². The summed E-state index contributed by atoms with van der Waals surface area (Å²) < 4.78 is 26.7. The van der Waals surface area contributed by atoms with Gasteiger partial charge in [-0.2, -0.15) is 0 Å². The van der Waals surface area contributed by atoms with E-state index >= 15 is 0 Å². The lowest BCUT2D eigenvalue weighted by atomic mass is 10.0. The predicted octanol–water partition coefficient (Wildman–Crippen LogP) is 1.05. The van der Waals surface area contributed by atoms with Crippen LogP contribution in [0.1, 0.15) is 38.3 Å². The fourth-order valence-electron chi connectivity index (χ4n) is 2.73. The highest BCUT2D eigenvalue weighted by molar-refractivity contribution is 7.89. The second-order valence-corrected chi connectivity index (χ2v) is 7.42. The topological polar surface area (TPSA) is 85.4 Å². The minimum Gasteiger partial charge on any atom is -0.390 e. The van der Waals surface area contributed by atoms with Crippen LogP contribution in [0.5, 0.6) is 0 Å². The van der Waals surface area contributed by atoms with E-state index in [1.54, 1.807) is 0 Å². The van der Waals surface area contributed by atoms with Crippen LogP contribution in [0.4, 0.5) is 0 Å². The molecule has 0 aromatic carbocycles. The zero-order chi connectivity index (χ0) is 15.3. The van der Waals surface area contributed by atoms with Crippen LogP contribution in [0.3, 0.4) is 0 Å². The molecule has 3 N–H and O–H groups in total. The number of likely N-dealkylation sites (tertiary alicyclic amines) is 1. The normalized spacial score (nSPS) is 20.8. The maximum Gasteiger partial charge on any atom is 0.242 e. The fourth-order valence-corrected chi connectivity index (χ4v) is 3.82. The summed E-state index contributed by atoms with van der Waals surface area (Å²) in [5, 5.41) is 8.95. The van der Waals surface area contributed by atoms with Crippen molar-refractivity contribution in [1.29, 1.82) is 0 Å². The number of rotatable bonds is 7. The number of hydrogen-bond donors (Lipinski definition) is 3. The molecule has 2 heterocycles. The second kappa shape index (κ2) is 7.40. The lowest BCUT2D eigenvalue weighted by Gasteiger charge is -2.33. The Morgan fingerprint density at radius 2 is 2.29 bits per heavy atom. The first kappa shape index (κ1) is 16.5. The van der Waals surface area contributed by atoms with Gasteiger partial charge >= 0.3 is 0 Å². The van der Waals surface area contributed by atoms with Crippen LogP contribution in [0.2, 0.25) is 0 Å². The Bertz CT molecular complexity index is 541. The summed E-state index contributed by atoms with van der Waals surface area (Å²) in [4.78, 5) is 5.34. The van der Waals surface area contributed by atoms with Crippen molar-refractivity contribution in [3.8, 4) is 0 Å². The van der Waals surface area contributed by atoms with Gasteiger partial charge in [-0.25, -0.2) is 13.1 Å². The minimum atomic E-state index is -3.48. The molecule has 0 amide bonds. The Morgan fingerprint density at radius 3 is 2.95 bits per heavy atom. The van der Waals surface area contributed by atoms with Gasteiger partial charge in [0.1, 0.15) is 0 Å². The van der Waals surface area contributed by atoms with Gasteiger partial charge in [-0.3, -0.25) is 0 Å². The summed E-state index contributed by atoms with van der Waals surface area (Å²) in [6, 6.07) is 2.06. The molecule has 1 aliphatic heterocycles. The number of aliphatic hydroxyl groups is 1. The average Bonchev–Trinajstić information content (AvgIpc) is 2.95. The molecule has 0 saturated carbocycles. The Balaban J connectivity index is 1.77. The maximum absolute atomic E-state index is 12.1. The van der Waals surface area contributed by atoms with E-state index in [1.807, 2.05) is 0 Å². The van der Waals surface area contributed by atoms with Crippen LogP contribution < -0.4 is 4.72 Å². The zero-order valence-corrected chi connectivity index (χ0v) is 13.3. The third-order valence-electron chi connectivity index (χ3n) is 4.05. The third kappa shape index (κ3) is 4.54. The number of nitrogens with one attached hydrogen (secondary N) is 2. The predicted molar refractivity (Wildman–Crippen MR) is 81.4 cm³/mol. The number of sulfonamides is 1. The number of H-pyrrole nitrogens is 1. The van der Waals surface area contributed by atoms with Gasteiger partial charge in [-0.05, 0) is 45.3 Å². The lowest BCUT2D eigenvalue weighted by Crippen LogP contribution is -2.39. The van der Waals surface area contributed by atoms with Gasteiger partial charge in [0.05, 0.1) is 11.5 Å². The van der Waals surface area contributed by atoms with Crippen molar-refractivity contribution in [2.24, 2.45) is 0 Å². The Morgan fingerprint density at radius 1 is 1.48 bits per heavy atom. The lowest BCUT2D eigenvalue weighted by molar-refractivity contribution is 0.159. The molecule has 7 heteroatoms. The number of aromatic nitrogens is 1. The van der Waals surface area contributed by atoms with E-state index in [1.165, 1.54) is 31.5 Å². The zero-order valence-electron chi connectivity index (χ0n) is 12.5.